The molecule has 0 aliphatic carbocycles. The number of carbonyl (C=O) groups excluding carboxylic acids is 2. The second-order valence-electron chi connectivity index (χ2n) is 5.34. The van der Waals surface area contributed by atoms with Gasteiger partial charge in [-0.25, -0.2) is 9.59 Å². The zero-order valence-corrected chi connectivity index (χ0v) is 12.7. The van der Waals surface area contributed by atoms with Crippen LogP contribution in [0.25, 0.3) is 0 Å². The van der Waals surface area contributed by atoms with Crippen molar-refractivity contribution < 1.29 is 19.1 Å². The van der Waals surface area contributed by atoms with Gasteiger partial charge in [0.2, 0.25) is 0 Å². The third kappa shape index (κ3) is 3.50. The molecule has 0 radical (unpaired) electrons. The van der Waals surface area contributed by atoms with Crippen LogP contribution in [0.4, 0.5) is 4.79 Å². The summed E-state index contributed by atoms with van der Waals surface area (Å²) in [6.45, 7) is 0.0708. The highest BCUT2D eigenvalue weighted by Gasteiger charge is 2.39. The summed E-state index contributed by atoms with van der Waals surface area (Å²) in [5, 5.41) is 4.06. The van der Waals surface area contributed by atoms with E-state index in [1.807, 2.05) is 30.3 Å². The average Bonchev–Trinajstić information content (AvgIpc) is 3.13. The minimum absolute atomic E-state index is 0.0859. The second kappa shape index (κ2) is 6.51. The number of rotatable bonds is 4. The monoisotopic (exact) mass is 315 g/mol. The smallest absolute Gasteiger partial charge is 0.413 e. The summed E-state index contributed by atoms with van der Waals surface area (Å²) in [6.07, 6.45) is 3.26. The molecule has 2 aromatic rings. The van der Waals surface area contributed by atoms with Gasteiger partial charge in [-0.15, -0.1) is 0 Å². The Morgan fingerprint density at radius 3 is 2.83 bits per heavy atom. The van der Waals surface area contributed by atoms with Crippen LogP contribution in [0.15, 0.2) is 42.7 Å². The van der Waals surface area contributed by atoms with E-state index in [0.717, 1.165) is 11.1 Å². The summed E-state index contributed by atoms with van der Waals surface area (Å²) in [4.78, 5) is 25.4. The van der Waals surface area contributed by atoms with Crippen LogP contribution in [-0.2, 0) is 34.3 Å². The van der Waals surface area contributed by atoms with E-state index in [0.29, 0.717) is 6.42 Å². The minimum Gasteiger partial charge on any atom is -0.444 e. The largest absolute Gasteiger partial charge is 0.444 e. The molecule has 0 N–H and O–H groups in total. The quantitative estimate of drug-likeness (QED) is 0.799. The van der Waals surface area contributed by atoms with Gasteiger partial charge in [-0.05, 0) is 11.1 Å². The van der Waals surface area contributed by atoms with Crippen molar-refractivity contribution in [1.82, 2.24) is 14.7 Å². The first-order valence-electron chi connectivity index (χ1n) is 7.25. The number of nitrogens with zero attached hydrogens (tertiary/aromatic N) is 3. The molecule has 1 fully saturated rings. The molecule has 120 valence electrons. The molecule has 1 saturated heterocycles. The fourth-order valence-electron chi connectivity index (χ4n) is 2.42. The Kier molecular flexibility index (Phi) is 4.27. The van der Waals surface area contributed by atoms with Crippen LogP contribution >= 0.6 is 0 Å². The number of hydrogen-bond acceptors (Lipinski definition) is 5. The third-order valence-electron chi connectivity index (χ3n) is 3.62. The van der Waals surface area contributed by atoms with Crippen LogP contribution in [0, 0.1) is 0 Å². The number of amides is 1. The summed E-state index contributed by atoms with van der Waals surface area (Å²) >= 11 is 0. The standard InChI is InChI=1S/C16H17N3O4/c1-18-9-13(8-17-18)7-14-15(20)23-11-19(14)16(21)22-10-12-5-3-2-4-6-12/h2-6,8-9,14H,7,10-11H2,1H3/t14-/m1/s1. The molecule has 0 bridgehead atoms. The first-order valence-corrected chi connectivity index (χ1v) is 7.25. The number of aromatic nitrogens is 2. The van der Waals surface area contributed by atoms with Crippen LogP contribution in [0.5, 0.6) is 0 Å². The zero-order valence-electron chi connectivity index (χ0n) is 12.7. The summed E-state index contributed by atoms with van der Waals surface area (Å²) in [5.74, 6) is -0.425. The lowest BCUT2D eigenvalue weighted by Gasteiger charge is -2.19. The van der Waals surface area contributed by atoms with E-state index in [1.54, 1.807) is 24.1 Å². The predicted octanol–water partition coefficient (Wildman–Crippen LogP) is 1.48. The Morgan fingerprint density at radius 1 is 1.35 bits per heavy atom. The number of esters is 1. The average molecular weight is 315 g/mol. The van der Waals surface area contributed by atoms with E-state index in [2.05, 4.69) is 5.10 Å². The van der Waals surface area contributed by atoms with Gasteiger partial charge in [0.1, 0.15) is 12.6 Å². The second-order valence-corrected chi connectivity index (χ2v) is 5.34. The van der Waals surface area contributed by atoms with Crippen LogP contribution in [0.3, 0.4) is 0 Å². The third-order valence-corrected chi connectivity index (χ3v) is 3.62. The van der Waals surface area contributed by atoms with Crippen LogP contribution in [-0.4, -0.2) is 39.5 Å². The van der Waals surface area contributed by atoms with Gasteiger partial charge in [-0.2, -0.15) is 5.10 Å². The first-order chi connectivity index (χ1) is 11.1. The van der Waals surface area contributed by atoms with E-state index in [1.165, 1.54) is 4.90 Å². The molecule has 1 aliphatic heterocycles. The van der Waals surface area contributed by atoms with Crippen LogP contribution in [0.2, 0.25) is 0 Å². The van der Waals surface area contributed by atoms with Crippen molar-refractivity contribution in [1.29, 1.82) is 0 Å². The van der Waals surface area contributed by atoms with Crippen molar-refractivity contribution in [3.05, 3.63) is 53.9 Å². The van der Waals surface area contributed by atoms with E-state index in [-0.39, 0.29) is 13.3 Å². The SMILES string of the molecule is Cn1cc(C[C@@H]2C(=O)OCN2C(=O)OCc2ccccc2)cn1. The van der Waals surface area contributed by atoms with Gasteiger partial charge in [0.05, 0.1) is 6.20 Å². The normalized spacial score (nSPS) is 17.2. The Balaban J connectivity index is 1.62. The Bertz CT molecular complexity index is 698. The molecule has 0 saturated carbocycles. The number of aryl methyl sites for hydroxylation is 1. The van der Waals surface area contributed by atoms with E-state index >= 15 is 0 Å². The molecule has 1 aromatic carbocycles. The van der Waals surface area contributed by atoms with Gasteiger partial charge in [-0.1, -0.05) is 30.3 Å². The maximum Gasteiger partial charge on any atom is 0.413 e. The van der Waals surface area contributed by atoms with Gasteiger partial charge in [0, 0.05) is 19.7 Å². The maximum atomic E-state index is 12.2. The molecule has 1 atom stereocenters. The minimum atomic E-state index is -0.678. The number of cyclic esters (lactones) is 1. The maximum absolute atomic E-state index is 12.2. The lowest BCUT2D eigenvalue weighted by atomic mass is 10.1. The van der Waals surface area contributed by atoms with Crippen molar-refractivity contribution in [3.63, 3.8) is 0 Å². The Hall–Kier alpha value is -2.83. The van der Waals surface area contributed by atoms with Crippen LogP contribution in [0.1, 0.15) is 11.1 Å². The molecule has 1 amide bonds. The van der Waals surface area contributed by atoms with Crippen LogP contribution < -0.4 is 0 Å². The number of hydrogen-bond donors (Lipinski definition) is 0. The van der Waals surface area contributed by atoms with E-state index < -0.39 is 18.1 Å². The predicted molar refractivity (Wildman–Crippen MR) is 80.1 cm³/mol. The number of carbonyl (C=O) groups is 2. The molecular weight excluding hydrogens is 298 g/mol. The summed E-state index contributed by atoms with van der Waals surface area (Å²) < 4.78 is 11.9. The summed E-state index contributed by atoms with van der Waals surface area (Å²) in [5.41, 5.74) is 1.74. The zero-order chi connectivity index (χ0) is 16.2. The molecular formula is C16H17N3O4. The highest BCUT2D eigenvalue weighted by atomic mass is 16.6. The molecule has 23 heavy (non-hydrogen) atoms. The molecule has 1 aromatic heterocycles. The van der Waals surface area contributed by atoms with Gasteiger partial charge >= 0.3 is 12.1 Å². The van der Waals surface area contributed by atoms with E-state index in [9.17, 15) is 9.59 Å². The molecule has 0 spiro atoms. The van der Waals surface area contributed by atoms with Gasteiger partial charge in [-0.3, -0.25) is 9.58 Å². The van der Waals surface area contributed by atoms with E-state index in [4.69, 9.17) is 9.47 Å². The van der Waals surface area contributed by atoms with Crippen molar-refractivity contribution >= 4 is 12.1 Å². The molecule has 2 heterocycles. The fourth-order valence-corrected chi connectivity index (χ4v) is 2.42. The summed E-state index contributed by atoms with van der Waals surface area (Å²) in [7, 11) is 1.79. The number of ether oxygens (including phenoxy) is 2. The summed E-state index contributed by atoms with van der Waals surface area (Å²) in [6, 6.07) is 8.69. The Morgan fingerprint density at radius 2 is 2.13 bits per heavy atom. The Labute approximate surface area is 133 Å². The molecule has 7 nitrogen and oxygen atoms in total. The highest BCUT2D eigenvalue weighted by Crippen LogP contribution is 2.18. The molecule has 0 unspecified atom stereocenters. The highest BCUT2D eigenvalue weighted by molar-refractivity contribution is 5.84. The molecule has 1 aliphatic rings. The van der Waals surface area contributed by atoms with Crippen molar-refractivity contribution in [2.24, 2.45) is 7.05 Å². The van der Waals surface area contributed by atoms with Crippen molar-refractivity contribution in [3.8, 4) is 0 Å². The van der Waals surface area contributed by atoms with Gasteiger partial charge < -0.3 is 9.47 Å². The lowest BCUT2D eigenvalue weighted by molar-refractivity contribution is -0.139. The van der Waals surface area contributed by atoms with Crippen molar-refractivity contribution in [2.75, 3.05) is 6.73 Å². The lowest BCUT2D eigenvalue weighted by Crippen LogP contribution is -2.39. The fraction of sp³-hybridized carbons (Fsp3) is 0.312. The molecule has 3 rings (SSSR count). The molecule has 7 heteroatoms. The van der Waals surface area contributed by atoms with Gasteiger partial charge in [0.15, 0.2) is 6.73 Å². The van der Waals surface area contributed by atoms with Gasteiger partial charge in [0.25, 0.3) is 0 Å². The number of benzene rings is 1. The first kappa shape index (κ1) is 15.1. The topological polar surface area (TPSA) is 73.7 Å². The van der Waals surface area contributed by atoms with Crippen molar-refractivity contribution in [2.45, 2.75) is 19.1 Å².